The van der Waals surface area contributed by atoms with Crippen LogP contribution in [0.15, 0.2) is 42.5 Å². The Morgan fingerprint density at radius 2 is 1.71 bits per heavy atom. The van der Waals surface area contributed by atoms with E-state index in [1.165, 1.54) is 16.7 Å². The number of hydrogen-bond acceptors (Lipinski definition) is 7. The highest BCUT2D eigenvalue weighted by atomic mass is 19.3. The molecule has 1 atom stereocenters. The largest absolute Gasteiger partial charge is 0.496 e. The Bertz CT molecular complexity index is 1600. The molecule has 7 nitrogen and oxygen atoms in total. The number of ether oxygens (including phenoxy) is 4. The van der Waals surface area contributed by atoms with Crippen LogP contribution in [-0.4, -0.2) is 68.3 Å². The topological polar surface area (TPSA) is 60.5 Å². The van der Waals surface area contributed by atoms with Gasteiger partial charge in [-0.3, -0.25) is 14.6 Å². The van der Waals surface area contributed by atoms with Gasteiger partial charge in [-0.05, 0) is 104 Å². The van der Waals surface area contributed by atoms with Gasteiger partial charge in [0.15, 0.2) is 6.23 Å². The SMILES string of the molecule is COc1cc(OCc2cccc(-c3cccc(OCCCN4CCC(F)(F)C4)c3C)c2C)c2c(c1CN1CCCC[C@H]1OC=O)CCC2. The van der Waals surface area contributed by atoms with Crippen LogP contribution in [0.5, 0.6) is 17.2 Å². The zero-order valence-electron chi connectivity index (χ0n) is 28.5. The number of methoxy groups -OCH3 is 1. The fourth-order valence-electron chi connectivity index (χ4n) is 7.66. The van der Waals surface area contributed by atoms with Gasteiger partial charge in [-0.15, -0.1) is 0 Å². The molecule has 0 N–H and O–H groups in total. The lowest BCUT2D eigenvalue weighted by atomic mass is 9.93. The summed E-state index contributed by atoms with van der Waals surface area (Å²) >= 11 is 0. The van der Waals surface area contributed by atoms with E-state index in [-0.39, 0.29) is 19.2 Å². The second-order valence-electron chi connectivity index (χ2n) is 13.4. The summed E-state index contributed by atoms with van der Waals surface area (Å²) in [5.74, 6) is -0.0576. The van der Waals surface area contributed by atoms with Crippen molar-refractivity contribution < 1.29 is 32.5 Å². The molecule has 2 aliphatic heterocycles. The van der Waals surface area contributed by atoms with Crippen LogP contribution in [0, 0.1) is 13.8 Å². The van der Waals surface area contributed by atoms with E-state index >= 15 is 0 Å². The van der Waals surface area contributed by atoms with Crippen molar-refractivity contribution in [3.63, 3.8) is 0 Å². The molecular weight excluding hydrogens is 614 g/mol. The second kappa shape index (κ2) is 15.2. The van der Waals surface area contributed by atoms with Crippen molar-refractivity contribution in [2.24, 2.45) is 0 Å². The Kier molecular flexibility index (Phi) is 10.9. The molecule has 3 aromatic rings. The van der Waals surface area contributed by atoms with Crippen LogP contribution >= 0.6 is 0 Å². The van der Waals surface area contributed by atoms with Crippen LogP contribution in [0.25, 0.3) is 11.1 Å². The highest BCUT2D eigenvalue weighted by molar-refractivity contribution is 5.73. The van der Waals surface area contributed by atoms with E-state index in [0.717, 1.165) is 90.1 Å². The molecule has 0 saturated carbocycles. The first-order valence-corrected chi connectivity index (χ1v) is 17.4. The summed E-state index contributed by atoms with van der Waals surface area (Å²) in [7, 11) is 1.71. The lowest BCUT2D eigenvalue weighted by Gasteiger charge is -2.34. The highest BCUT2D eigenvalue weighted by Crippen LogP contribution is 2.41. The van der Waals surface area contributed by atoms with Crippen LogP contribution in [-0.2, 0) is 35.5 Å². The van der Waals surface area contributed by atoms with E-state index in [2.05, 4.69) is 43.0 Å². The van der Waals surface area contributed by atoms with Crippen LogP contribution in [0.3, 0.4) is 0 Å². The summed E-state index contributed by atoms with van der Waals surface area (Å²) in [6.07, 6.45) is 6.46. The zero-order chi connectivity index (χ0) is 33.7. The number of halogens is 2. The van der Waals surface area contributed by atoms with Crippen LogP contribution < -0.4 is 14.2 Å². The van der Waals surface area contributed by atoms with Gasteiger partial charge in [0.05, 0.1) is 20.3 Å². The van der Waals surface area contributed by atoms with E-state index in [0.29, 0.717) is 45.7 Å². The molecule has 258 valence electrons. The molecule has 2 heterocycles. The summed E-state index contributed by atoms with van der Waals surface area (Å²) in [5, 5.41) is 0. The molecule has 2 saturated heterocycles. The summed E-state index contributed by atoms with van der Waals surface area (Å²) in [4.78, 5) is 15.2. The van der Waals surface area contributed by atoms with Gasteiger partial charge < -0.3 is 18.9 Å². The first kappa shape index (κ1) is 34.2. The Morgan fingerprint density at radius 1 is 0.917 bits per heavy atom. The van der Waals surface area contributed by atoms with Gasteiger partial charge in [0.1, 0.15) is 23.9 Å². The first-order valence-electron chi connectivity index (χ1n) is 17.4. The van der Waals surface area contributed by atoms with Crippen molar-refractivity contribution in [1.82, 2.24) is 9.80 Å². The van der Waals surface area contributed by atoms with Crippen molar-refractivity contribution in [2.75, 3.05) is 39.9 Å². The van der Waals surface area contributed by atoms with Gasteiger partial charge in [0.2, 0.25) is 0 Å². The standard InChI is InChI=1S/C39H48F2N2O5/c1-27-29(10-6-11-30(27)31-12-8-15-35(28(31)2)46-21-9-18-42-20-17-39(40,41)25-42)24-47-37-22-36(45-3)34(32-13-7-14-33(32)37)23-43-19-5-4-16-38(43)48-26-44/h6,8,10-12,15,22,26,38H,4-5,7,9,13-14,16-21,23-25H2,1-3H3/t38-/m1/s1. The maximum atomic E-state index is 13.5. The minimum atomic E-state index is -2.56. The number of likely N-dealkylation sites (tertiary alicyclic amines) is 2. The smallest absolute Gasteiger partial charge is 0.294 e. The molecule has 0 bridgehead atoms. The van der Waals surface area contributed by atoms with Gasteiger partial charge in [-0.2, -0.15) is 0 Å². The number of piperidine rings is 1. The molecule has 0 amide bonds. The van der Waals surface area contributed by atoms with Crippen molar-refractivity contribution in [1.29, 1.82) is 0 Å². The van der Waals surface area contributed by atoms with Crippen molar-refractivity contribution in [2.45, 2.75) is 90.5 Å². The number of alkyl halides is 2. The molecule has 3 aliphatic rings. The second-order valence-corrected chi connectivity index (χ2v) is 13.4. The molecule has 9 heteroatoms. The summed E-state index contributed by atoms with van der Waals surface area (Å²) < 4.78 is 51.2. The number of rotatable bonds is 14. The number of hydrogen-bond donors (Lipinski definition) is 0. The Balaban J connectivity index is 1.15. The van der Waals surface area contributed by atoms with Gasteiger partial charge in [0, 0.05) is 44.2 Å². The van der Waals surface area contributed by atoms with E-state index in [4.69, 9.17) is 18.9 Å². The molecule has 6 rings (SSSR count). The number of benzene rings is 3. The van der Waals surface area contributed by atoms with Crippen molar-refractivity contribution >= 4 is 6.47 Å². The molecule has 1 aliphatic carbocycles. The highest BCUT2D eigenvalue weighted by Gasteiger charge is 2.37. The lowest BCUT2D eigenvalue weighted by molar-refractivity contribution is -0.147. The summed E-state index contributed by atoms with van der Waals surface area (Å²) in [5.41, 5.74) is 9.28. The Morgan fingerprint density at radius 3 is 2.48 bits per heavy atom. The van der Waals surface area contributed by atoms with Crippen LogP contribution in [0.4, 0.5) is 8.78 Å². The van der Waals surface area contributed by atoms with Crippen LogP contribution in [0.2, 0.25) is 0 Å². The van der Waals surface area contributed by atoms with Gasteiger partial charge in [-0.1, -0.05) is 30.3 Å². The molecular formula is C39H48F2N2O5. The normalized spacial score (nSPS) is 19.2. The quantitative estimate of drug-likeness (QED) is 0.130. The van der Waals surface area contributed by atoms with Gasteiger partial charge >= 0.3 is 0 Å². The Hall–Kier alpha value is -3.69. The predicted molar refractivity (Wildman–Crippen MR) is 182 cm³/mol. The van der Waals surface area contributed by atoms with Gasteiger partial charge in [-0.25, -0.2) is 8.78 Å². The number of fused-ring (bicyclic) bond motifs is 1. The first-order chi connectivity index (χ1) is 23.3. The average molecular weight is 663 g/mol. The summed E-state index contributed by atoms with van der Waals surface area (Å²) in [6, 6.07) is 14.5. The maximum absolute atomic E-state index is 13.5. The molecule has 0 spiro atoms. The maximum Gasteiger partial charge on any atom is 0.294 e. The monoisotopic (exact) mass is 662 g/mol. The van der Waals surface area contributed by atoms with E-state index in [1.54, 1.807) is 7.11 Å². The van der Waals surface area contributed by atoms with Gasteiger partial charge in [0.25, 0.3) is 12.4 Å². The fraction of sp³-hybridized carbons (Fsp3) is 0.513. The minimum Gasteiger partial charge on any atom is -0.496 e. The molecule has 0 unspecified atom stereocenters. The molecule has 2 fully saturated rings. The zero-order valence-corrected chi connectivity index (χ0v) is 28.5. The third-order valence-corrected chi connectivity index (χ3v) is 10.3. The summed E-state index contributed by atoms with van der Waals surface area (Å²) in [6.45, 7) is 8.17. The molecule has 0 radical (unpaired) electrons. The molecule has 0 aromatic heterocycles. The minimum absolute atomic E-state index is 0.0548. The number of carbonyl (C=O) groups is 1. The predicted octanol–water partition coefficient (Wildman–Crippen LogP) is 7.64. The third-order valence-electron chi connectivity index (χ3n) is 10.3. The lowest BCUT2D eigenvalue weighted by Crippen LogP contribution is -2.40. The van der Waals surface area contributed by atoms with E-state index < -0.39 is 5.92 Å². The molecule has 3 aromatic carbocycles. The number of nitrogens with zero attached hydrogens (tertiary/aromatic N) is 2. The third kappa shape index (κ3) is 7.62. The van der Waals surface area contributed by atoms with Crippen molar-refractivity contribution in [3.05, 3.63) is 75.8 Å². The average Bonchev–Trinajstić information content (AvgIpc) is 3.71. The Labute approximate surface area is 283 Å². The van der Waals surface area contributed by atoms with Crippen molar-refractivity contribution in [3.8, 4) is 28.4 Å². The van der Waals surface area contributed by atoms with E-state index in [9.17, 15) is 13.6 Å². The number of carbonyl (C=O) groups excluding carboxylic acids is 1. The fourth-order valence-corrected chi connectivity index (χ4v) is 7.66. The van der Waals surface area contributed by atoms with Crippen LogP contribution in [0.1, 0.15) is 71.9 Å². The molecule has 48 heavy (non-hydrogen) atoms. The van der Waals surface area contributed by atoms with E-state index in [1.807, 2.05) is 23.1 Å².